The van der Waals surface area contributed by atoms with Crippen LogP contribution in [0.25, 0.3) is 0 Å². The monoisotopic (exact) mass is 212 g/mol. The summed E-state index contributed by atoms with van der Waals surface area (Å²) in [5, 5.41) is 0. The number of cyclic esters (lactones) is 1. The molecule has 0 aromatic rings. The van der Waals surface area contributed by atoms with Crippen LogP contribution < -0.4 is 0 Å². The molecule has 0 bridgehead atoms. The molecular formula is C13H24O2. The summed E-state index contributed by atoms with van der Waals surface area (Å²) in [6.07, 6.45) is 9.13. The zero-order chi connectivity index (χ0) is 11.1. The molecule has 88 valence electrons. The molecular weight excluding hydrogens is 188 g/mol. The van der Waals surface area contributed by atoms with Crippen LogP contribution in [0, 0.1) is 5.41 Å². The van der Waals surface area contributed by atoms with Gasteiger partial charge < -0.3 is 4.74 Å². The summed E-state index contributed by atoms with van der Waals surface area (Å²) in [6, 6.07) is 0. The van der Waals surface area contributed by atoms with E-state index in [2.05, 4.69) is 13.8 Å². The van der Waals surface area contributed by atoms with Gasteiger partial charge in [0.05, 0.1) is 13.0 Å². The van der Waals surface area contributed by atoms with Gasteiger partial charge in [0.25, 0.3) is 0 Å². The molecule has 0 amide bonds. The van der Waals surface area contributed by atoms with E-state index in [0.29, 0.717) is 13.0 Å². The molecule has 1 heterocycles. The minimum Gasteiger partial charge on any atom is -0.466 e. The standard InChI is InChI=1S/C13H24O2/c1-3-5-6-8-13(7-4-2)9-10-15-12(14)11-13/h3-11H2,1-2H3. The van der Waals surface area contributed by atoms with Crippen molar-refractivity contribution in [3.63, 3.8) is 0 Å². The highest BCUT2D eigenvalue weighted by Gasteiger charge is 2.35. The lowest BCUT2D eigenvalue weighted by molar-refractivity contribution is -0.154. The van der Waals surface area contributed by atoms with Crippen LogP contribution in [-0.4, -0.2) is 12.6 Å². The third kappa shape index (κ3) is 3.84. The van der Waals surface area contributed by atoms with Gasteiger partial charge in [-0.3, -0.25) is 4.79 Å². The first-order valence-electron chi connectivity index (χ1n) is 6.38. The molecule has 1 unspecified atom stereocenters. The third-order valence-electron chi connectivity index (χ3n) is 3.51. The molecule has 0 aromatic carbocycles. The number of carbonyl (C=O) groups excluding carboxylic acids is 1. The van der Waals surface area contributed by atoms with Crippen molar-refractivity contribution in [3.05, 3.63) is 0 Å². The van der Waals surface area contributed by atoms with E-state index in [1.165, 1.54) is 38.5 Å². The van der Waals surface area contributed by atoms with Crippen LogP contribution in [-0.2, 0) is 9.53 Å². The molecule has 0 aromatic heterocycles. The molecule has 0 saturated carbocycles. The molecule has 2 heteroatoms. The Balaban J connectivity index is 2.48. The lowest BCUT2D eigenvalue weighted by atomic mass is 9.72. The molecule has 1 aliphatic rings. The van der Waals surface area contributed by atoms with E-state index in [9.17, 15) is 4.79 Å². The second-order valence-electron chi connectivity index (χ2n) is 4.85. The summed E-state index contributed by atoms with van der Waals surface area (Å²) in [6.45, 7) is 5.08. The Bertz CT molecular complexity index is 197. The van der Waals surface area contributed by atoms with Gasteiger partial charge in [-0.05, 0) is 24.7 Å². The Labute approximate surface area is 93.4 Å². The molecule has 1 atom stereocenters. The average Bonchev–Trinajstić information content (AvgIpc) is 2.18. The van der Waals surface area contributed by atoms with E-state index in [0.717, 1.165) is 6.42 Å². The summed E-state index contributed by atoms with van der Waals surface area (Å²) in [4.78, 5) is 11.4. The molecule has 0 radical (unpaired) electrons. The lowest BCUT2D eigenvalue weighted by Gasteiger charge is -2.36. The fourth-order valence-electron chi connectivity index (χ4n) is 2.66. The number of hydrogen-bond donors (Lipinski definition) is 0. The highest BCUT2D eigenvalue weighted by molar-refractivity contribution is 5.71. The molecule has 0 N–H and O–H groups in total. The maximum atomic E-state index is 11.4. The first-order valence-corrected chi connectivity index (χ1v) is 6.38. The van der Waals surface area contributed by atoms with Crippen LogP contribution in [0.5, 0.6) is 0 Å². The Kier molecular flexibility index (Phi) is 5.13. The van der Waals surface area contributed by atoms with Crippen molar-refractivity contribution in [2.75, 3.05) is 6.61 Å². The van der Waals surface area contributed by atoms with E-state index in [1.54, 1.807) is 0 Å². The Morgan fingerprint density at radius 1 is 1.20 bits per heavy atom. The van der Waals surface area contributed by atoms with E-state index < -0.39 is 0 Å². The maximum Gasteiger partial charge on any atom is 0.306 e. The van der Waals surface area contributed by atoms with Gasteiger partial charge in [0, 0.05) is 0 Å². The first kappa shape index (κ1) is 12.5. The van der Waals surface area contributed by atoms with Crippen molar-refractivity contribution in [2.24, 2.45) is 5.41 Å². The van der Waals surface area contributed by atoms with Gasteiger partial charge in [-0.15, -0.1) is 0 Å². The van der Waals surface area contributed by atoms with Gasteiger partial charge in [0.2, 0.25) is 0 Å². The summed E-state index contributed by atoms with van der Waals surface area (Å²) in [7, 11) is 0. The molecule has 15 heavy (non-hydrogen) atoms. The Morgan fingerprint density at radius 3 is 2.60 bits per heavy atom. The molecule has 0 aliphatic carbocycles. The zero-order valence-electron chi connectivity index (χ0n) is 10.2. The predicted octanol–water partition coefficient (Wildman–Crippen LogP) is 3.69. The van der Waals surface area contributed by atoms with Crippen LogP contribution >= 0.6 is 0 Å². The van der Waals surface area contributed by atoms with E-state index in [1.807, 2.05) is 0 Å². The van der Waals surface area contributed by atoms with Crippen LogP contribution in [0.15, 0.2) is 0 Å². The van der Waals surface area contributed by atoms with Crippen LogP contribution in [0.2, 0.25) is 0 Å². The molecule has 1 aliphatic heterocycles. The summed E-state index contributed by atoms with van der Waals surface area (Å²) < 4.78 is 5.05. The summed E-state index contributed by atoms with van der Waals surface area (Å²) >= 11 is 0. The lowest BCUT2D eigenvalue weighted by Crippen LogP contribution is -2.32. The van der Waals surface area contributed by atoms with E-state index >= 15 is 0 Å². The van der Waals surface area contributed by atoms with Gasteiger partial charge >= 0.3 is 5.97 Å². The topological polar surface area (TPSA) is 26.3 Å². The average molecular weight is 212 g/mol. The third-order valence-corrected chi connectivity index (χ3v) is 3.51. The fourth-order valence-corrected chi connectivity index (χ4v) is 2.66. The molecule has 1 saturated heterocycles. The minimum absolute atomic E-state index is 0.0196. The van der Waals surface area contributed by atoms with E-state index in [-0.39, 0.29) is 11.4 Å². The maximum absolute atomic E-state index is 11.4. The molecule has 1 fully saturated rings. The van der Waals surface area contributed by atoms with Gasteiger partial charge in [0.1, 0.15) is 0 Å². The highest BCUT2D eigenvalue weighted by atomic mass is 16.5. The zero-order valence-corrected chi connectivity index (χ0v) is 10.2. The Morgan fingerprint density at radius 2 is 2.00 bits per heavy atom. The second kappa shape index (κ2) is 6.14. The van der Waals surface area contributed by atoms with Gasteiger partial charge in [-0.2, -0.15) is 0 Å². The number of ether oxygens (including phenoxy) is 1. The Hall–Kier alpha value is -0.530. The van der Waals surface area contributed by atoms with Gasteiger partial charge in [0.15, 0.2) is 0 Å². The van der Waals surface area contributed by atoms with Gasteiger partial charge in [-0.25, -0.2) is 0 Å². The number of carbonyl (C=O) groups is 1. The first-order chi connectivity index (χ1) is 7.22. The van der Waals surface area contributed by atoms with Crippen LogP contribution in [0.1, 0.15) is 65.2 Å². The normalized spacial score (nSPS) is 26.4. The molecule has 0 spiro atoms. The van der Waals surface area contributed by atoms with Crippen molar-refractivity contribution in [1.29, 1.82) is 0 Å². The smallest absolute Gasteiger partial charge is 0.306 e. The highest BCUT2D eigenvalue weighted by Crippen LogP contribution is 2.40. The second-order valence-corrected chi connectivity index (χ2v) is 4.85. The van der Waals surface area contributed by atoms with Crippen molar-refractivity contribution < 1.29 is 9.53 Å². The number of rotatable bonds is 6. The number of unbranched alkanes of at least 4 members (excludes halogenated alkanes) is 2. The van der Waals surface area contributed by atoms with E-state index in [4.69, 9.17) is 4.74 Å². The largest absolute Gasteiger partial charge is 0.466 e. The minimum atomic E-state index is 0.0196. The van der Waals surface area contributed by atoms with Crippen molar-refractivity contribution in [1.82, 2.24) is 0 Å². The molecule has 2 nitrogen and oxygen atoms in total. The molecule has 1 rings (SSSR count). The fraction of sp³-hybridized carbons (Fsp3) is 0.923. The number of esters is 1. The van der Waals surface area contributed by atoms with Gasteiger partial charge in [-0.1, -0.05) is 39.5 Å². The summed E-state index contributed by atoms with van der Waals surface area (Å²) in [5.41, 5.74) is 0.277. The summed E-state index contributed by atoms with van der Waals surface area (Å²) in [5.74, 6) is 0.0196. The van der Waals surface area contributed by atoms with Crippen molar-refractivity contribution in [2.45, 2.75) is 65.2 Å². The van der Waals surface area contributed by atoms with Crippen molar-refractivity contribution >= 4 is 5.97 Å². The quantitative estimate of drug-likeness (QED) is 0.496. The van der Waals surface area contributed by atoms with Crippen LogP contribution in [0.3, 0.4) is 0 Å². The van der Waals surface area contributed by atoms with Crippen LogP contribution in [0.4, 0.5) is 0 Å². The predicted molar refractivity (Wildman–Crippen MR) is 61.7 cm³/mol. The van der Waals surface area contributed by atoms with Crippen molar-refractivity contribution in [3.8, 4) is 0 Å². The SMILES string of the molecule is CCCCCC1(CCC)CCOC(=O)C1. The number of hydrogen-bond acceptors (Lipinski definition) is 2.